The summed E-state index contributed by atoms with van der Waals surface area (Å²) in [7, 11) is 5.47. The van der Waals surface area contributed by atoms with Crippen molar-refractivity contribution in [3.8, 4) is 0 Å². The lowest BCUT2D eigenvalue weighted by molar-refractivity contribution is -0.127. The first-order valence-corrected chi connectivity index (χ1v) is 6.91. The average molecular weight is 278 g/mol. The molecule has 0 aliphatic carbocycles. The lowest BCUT2D eigenvalue weighted by Gasteiger charge is -2.18. The van der Waals surface area contributed by atoms with Crippen LogP contribution in [0.3, 0.4) is 0 Å². The van der Waals surface area contributed by atoms with Gasteiger partial charge >= 0.3 is 0 Å². The molecule has 1 N–H and O–H groups in total. The lowest BCUT2D eigenvalue weighted by Crippen LogP contribution is -2.36. The van der Waals surface area contributed by atoms with E-state index in [2.05, 4.69) is 16.4 Å². The van der Waals surface area contributed by atoms with Crippen molar-refractivity contribution in [2.24, 2.45) is 7.05 Å². The van der Waals surface area contributed by atoms with Crippen molar-refractivity contribution in [3.05, 3.63) is 40.6 Å². The highest BCUT2D eigenvalue weighted by molar-refractivity contribution is 7.10. The average Bonchev–Trinajstić information content (AvgIpc) is 3.02. The van der Waals surface area contributed by atoms with Crippen LogP contribution < -0.4 is 5.32 Å². The van der Waals surface area contributed by atoms with Gasteiger partial charge in [0.25, 0.3) is 0 Å². The summed E-state index contributed by atoms with van der Waals surface area (Å²) < 4.78 is 1.97. The molecule has 19 heavy (non-hydrogen) atoms. The van der Waals surface area contributed by atoms with Gasteiger partial charge in [0.15, 0.2) is 0 Å². The number of imidazole rings is 1. The van der Waals surface area contributed by atoms with Crippen LogP contribution >= 0.6 is 11.3 Å². The van der Waals surface area contributed by atoms with Crippen LogP contribution in [0.5, 0.6) is 0 Å². The van der Waals surface area contributed by atoms with E-state index in [0.29, 0.717) is 6.54 Å². The van der Waals surface area contributed by atoms with Gasteiger partial charge in [0, 0.05) is 38.4 Å². The number of rotatable bonds is 5. The fraction of sp³-hybridized carbons (Fsp3) is 0.385. The topological polar surface area (TPSA) is 50.2 Å². The van der Waals surface area contributed by atoms with E-state index in [1.165, 1.54) is 0 Å². The molecule has 2 heterocycles. The number of amides is 1. The van der Waals surface area contributed by atoms with Crippen LogP contribution in [0.15, 0.2) is 29.9 Å². The molecule has 2 aromatic heterocycles. The summed E-state index contributed by atoms with van der Waals surface area (Å²) in [5.74, 6) is 0.963. The Kier molecular flexibility index (Phi) is 4.34. The minimum atomic E-state index is -0.0519. The highest BCUT2D eigenvalue weighted by atomic mass is 32.1. The molecule has 5 nitrogen and oxygen atoms in total. The van der Waals surface area contributed by atoms with Crippen LogP contribution in [0.25, 0.3) is 0 Å². The van der Waals surface area contributed by atoms with E-state index >= 15 is 0 Å². The second-order valence-electron chi connectivity index (χ2n) is 4.51. The molecule has 0 aromatic carbocycles. The van der Waals surface area contributed by atoms with Gasteiger partial charge in [-0.25, -0.2) is 4.98 Å². The number of likely N-dealkylation sites (N-methyl/N-ethyl adjacent to an activating group) is 1. The van der Waals surface area contributed by atoms with Crippen LogP contribution in [0.1, 0.15) is 16.7 Å². The van der Waals surface area contributed by atoms with Gasteiger partial charge in [-0.05, 0) is 11.4 Å². The van der Waals surface area contributed by atoms with E-state index in [4.69, 9.17) is 0 Å². The first kappa shape index (κ1) is 13.8. The molecule has 2 aromatic rings. The van der Waals surface area contributed by atoms with Gasteiger partial charge in [-0.3, -0.25) is 10.1 Å². The molecule has 0 saturated heterocycles. The van der Waals surface area contributed by atoms with Gasteiger partial charge in [0.2, 0.25) is 5.91 Å². The summed E-state index contributed by atoms with van der Waals surface area (Å²) in [5, 5.41) is 5.31. The number of thiophene rings is 1. The van der Waals surface area contributed by atoms with Crippen molar-refractivity contribution in [1.29, 1.82) is 0 Å². The van der Waals surface area contributed by atoms with E-state index < -0.39 is 0 Å². The second kappa shape index (κ2) is 5.99. The normalized spacial score (nSPS) is 12.4. The maximum Gasteiger partial charge on any atom is 0.236 e. The summed E-state index contributed by atoms with van der Waals surface area (Å²) in [6.07, 6.45) is 3.68. The molecule has 0 radical (unpaired) electrons. The van der Waals surface area contributed by atoms with Crippen molar-refractivity contribution >= 4 is 17.2 Å². The summed E-state index contributed by atoms with van der Waals surface area (Å²) in [6, 6.07) is 4.01. The third-order valence-electron chi connectivity index (χ3n) is 2.90. The number of aromatic nitrogens is 2. The van der Waals surface area contributed by atoms with Crippen LogP contribution in [0.2, 0.25) is 0 Å². The molecule has 0 aliphatic rings. The van der Waals surface area contributed by atoms with Crippen molar-refractivity contribution in [1.82, 2.24) is 19.8 Å². The lowest BCUT2D eigenvalue weighted by atomic mass is 10.2. The standard InChI is InChI=1S/C13H18N4OS/c1-16(2)11(18)9-15-12(10-5-4-8-19-10)13-14-6-7-17(13)3/h4-8,12,15H,9H2,1-3H3. The Morgan fingerprint density at radius 3 is 2.89 bits per heavy atom. The third kappa shape index (κ3) is 3.21. The molecule has 1 amide bonds. The van der Waals surface area contributed by atoms with E-state index in [1.807, 2.05) is 29.3 Å². The quantitative estimate of drug-likeness (QED) is 0.895. The molecule has 1 atom stereocenters. The number of hydrogen-bond donors (Lipinski definition) is 1. The van der Waals surface area contributed by atoms with Crippen LogP contribution in [0.4, 0.5) is 0 Å². The van der Waals surface area contributed by atoms with Crippen LogP contribution in [-0.2, 0) is 11.8 Å². The number of carbonyl (C=O) groups is 1. The Balaban J connectivity index is 2.17. The molecule has 0 fully saturated rings. The summed E-state index contributed by atoms with van der Waals surface area (Å²) in [6.45, 7) is 0.294. The van der Waals surface area contributed by atoms with Gasteiger partial charge in [0.1, 0.15) is 11.9 Å². The van der Waals surface area contributed by atoms with Gasteiger partial charge in [-0.15, -0.1) is 11.3 Å². The second-order valence-corrected chi connectivity index (χ2v) is 5.49. The zero-order valence-corrected chi connectivity index (χ0v) is 12.1. The predicted octanol–water partition coefficient (Wildman–Crippen LogP) is 1.25. The molecule has 6 heteroatoms. The number of nitrogens with one attached hydrogen (secondary N) is 1. The molecule has 0 bridgehead atoms. The third-order valence-corrected chi connectivity index (χ3v) is 3.84. The SMILES string of the molecule is CN(C)C(=O)CNC(c1cccs1)c1nccn1C. The largest absolute Gasteiger partial charge is 0.348 e. The van der Waals surface area contributed by atoms with Crippen molar-refractivity contribution in [2.75, 3.05) is 20.6 Å². The number of hydrogen-bond acceptors (Lipinski definition) is 4. The zero-order chi connectivity index (χ0) is 13.8. The van der Waals surface area contributed by atoms with Gasteiger partial charge in [0.05, 0.1) is 6.54 Å². The van der Waals surface area contributed by atoms with E-state index in [1.54, 1.807) is 36.5 Å². The Morgan fingerprint density at radius 1 is 1.58 bits per heavy atom. The van der Waals surface area contributed by atoms with Gasteiger partial charge < -0.3 is 9.47 Å². The molecule has 2 rings (SSSR count). The number of nitrogens with zero attached hydrogens (tertiary/aromatic N) is 3. The summed E-state index contributed by atoms with van der Waals surface area (Å²) >= 11 is 1.66. The maximum absolute atomic E-state index is 11.7. The Morgan fingerprint density at radius 2 is 2.37 bits per heavy atom. The highest BCUT2D eigenvalue weighted by Gasteiger charge is 2.20. The number of carbonyl (C=O) groups excluding carboxylic acids is 1. The van der Waals surface area contributed by atoms with E-state index in [9.17, 15) is 4.79 Å². The first-order chi connectivity index (χ1) is 9.09. The molecular formula is C13H18N4OS. The Labute approximate surface area is 116 Å². The molecule has 0 spiro atoms. The minimum absolute atomic E-state index is 0.0516. The Bertz CT molecular complexity index is 533. The predicted molar refractivity (Wildman–Crippen MR) is 76.1 cm³/mol. The monoisotopic (exact) mass is 278 g/mol. The zero-order valence-electron chi connectivity index (χ0n) is 11.3. The molecular weight excluding hydrogens is 260 g/mol. The van der Waals surface area contributed by atoms with Gasteiger partial charge in [-0.2, -0.15) is 0 Å². The number of aryl methyl sites for hydroxylation is 1. The summed E-state index contributed by atoms with van der Waals surface area (Å²) in [4.78, 5) is 18.8. The Hall–Kier alpha value is -1.66. The smallest absolute Gasteiger partial charge is 0.236 e. The van der Waals surface area contributed by atoms with Crippen molar-refractivity contribution < 1.29 is 4.79 Å². The van der Waals surface area contributed by atoms with Crippen molar-refractivity contribution in [3.63, 3.8) is 0 Å². The maximum atomic E-state index is 11.7. The first-order valence-electron chi connectivity index (χ1n) is 6.03. The van der Waals surface area contributed by atoms with Crippen molar-refractivity contribution in [2.45, 2.75) is 6.04 Å². The molecule has 102 valence electrons. The highest BCUT2D eigenvalue weighted by Crippen LogP contribution is 2.24. The molecule has 1 unspecified atom stereocenters. The fourth-order valence-corrected chi connectivity index (χ4v) is 2.57. The molecule has 0 saturated carbocycles. The van der Waals surface area contributed by atoms with E-state index in [-0.39, 0.29) is 11.9 Å². The molecule has 0 aliphatic heterocycles. The van der Waals surface area contributed by atoms with Gasteiger partial charge in [-0.1, -0.05) is 6.07 Å². The summed E-state index contributed by atoms with van der Waals surface area (Å²) in [5.41, 5.74) is 0. The van der Waals surface area contributed by atoms with E-state index in [0.717, 1.165) is 10.7 Å². The van der Waals surface area contributed by atoms with Crippen LogP contribution in [-0.4, -0.2) is 41.0 Å². The fourth-order valence-electron chi connectivity index (χ4n) is 1.78. The minimum Gasteiger partial charge on any atom is -0.348 e. The van der Waals surface area contributed by atoms with Crippen LogP contribution in [0, 0.1) is 0 Å².